The van der Waals surface area contributed by atoms with E-state index in [0.717, 1.165) is 38.9 Å². The molecule has 0 saturated carbocycles. The number of hydrogen-bond acceptors (Lipinski definition) is 4. The lowest BCUT2D eigenvalue weighted by Crippen LogP contribution is -2.15. The molecule has 222 valence electrons. The summed E-state index contributed by atoms with van der Waals surface area (Å²) in [6.45, 7) is 4.47. The number of aromatic nitrogens is 3. The molecule has 0 N–H and O–H groups in total. The van der Waals surface area contributed by atoms with Gasteiger partial charge in [0.05, 0.1) is 11.6 Å². The molecule has 0 saturated heterocycles. The average molecular weight is 603 g/mol. The van der Waals surface area contributed by atoms with Crippen molar-refractivity contribution in [1.29, 1.82) is 5.26 Å². The van der Waals surface area contributed by atoms with E-state index >= 15 is 0 Å². The maximum Gasteiger partial charge on any atom is 0.164 e. The van der Waals surface area contributed by atoms with Crippen LogP contribution in [0.2, 0.25) is 0 Å². The van der Waals surface area contributed by atoms with Crippen LogP contribution in [0.25, 0.3) is 67.5 Å². The smallest absolute Gasteiger partial charge is 0.164 e. The third kappa shape index (κ3) is 5.09. The summed E-state index contributed by atoms with van der Waals surface area (Å²) in [5.74, 6) is 1.89. The number of hydrogen-bond donors (Lipinski definition) is 0. The lowest BCUT2D eigenvalue weighted by atomic mass is 9.81. The molecule has 0 unspecified atom stereocenters. The SMILES string of the molecule is CC1(C)c2ccc(-c3cccc(-c4nc(-c5ccccc5)nc(-c5cccc(-c6ccccc6)c5)n4)c3)cc2-c2ccc(C#N)cc21. The Morgan fingerprint density at radius 3 is 1.55 bits per heavy atom. The summed E-state index contributed by atoms with van der Waals surface area (Å²) < 4.78 is 0. The van der Waals surface area contributed by atoms with Crippen LogP contribution in [0.3, 0.4) is 0 Å². The van der Waals surface area contributed by atoms with Crippen LogP contribution in [0.1, 0.15) is 30.5 Å². The summed E-state index contributed by atoms with van der Waals surface area (Å²) in [5.41, 5.74) is 12.6. The first-order chi connectivity index (χ1) is 23.0. The zero-order chi connectivity index (χ0) is 32.0. The van der Waals surface area contributed by atoms with Crippen LogP contribution < -0.4 is 0 Å². The van der Waals surface area contributed by atoms with E-state index in [1.54, 1.807) is 0 Å². The summed E-state index contributed by atoms with van der Waals surface area (Å²) >= 11 is 0. The van der Waals surface area contributed by atoms with Gasteiger partial charge in [-0.05, 0) is 74.8 Å². The molecular weight excluding hydrogens is 573 g/mol. The van der Waals surface area contributed by atoms with Gasteiger partial charge >= 0.3 is 0 Å². The van der Waals surface area contributed by atoms with Crippen molar-refractivity contribution >= 4 is 0 Å². The van der Waals surface area contributed by atoms with Gasteiger partial charge in [0, 0.05) is 22.1 Å². The first-order valence-electron chi connectivity index (χ1n) is 15.8. The fraction of sp³-hybridized carbons (Fsp3) is 0.0698. The molecule has 1 heterocycles. The van der Waals surface area contributed by atoms with Crippen LogP contribution in [0.4, 0.5) is 0 Å². The molecule has 0 bridgehead atoms. The summed E-state index contributed by atoms with van der Waals surface area (Å²) in [6.07, 6.45) is 0. The molecule has 6 aromatic carbocycles. The Morgan fingerprint density at radius 1 is 0.426 bits per heavy atom. The normalized spacial score (nSPS) is 12.6. The van der Waals surface area contributed by atoms with Gasteiger partial charge in [0.2, 0.25) is 0 Å². The van der Waals surface area contributed by atoms with Crippen LogP contribution in [-0.4, -0.2) is 15.0 Å². The third-order valence-corrected chi connectivity index (χ3v) is 9.15. The second kappa shape index (κ2) is 11.3. The first kappa shape index (κ1) is 28.3. The van der Waals surface area contributed by atoms with Gasteiger partial charge in [0.15, 0.2) is 17.5 Å². The summed E-state index contributed by atoms with van der Waals surface area (Å²) in [7, 11) is 0. The highest BCUT2D eigenvalue weighted by Gasteiger charge is 2.35. The third-order valence-electron chi connectivity index (χ3n) is 9.15. The molecule has 1 aromatic heterocycles. The van der Waals surface area contributed by atoms with Crippen molar-refractivity contribution in [2.75, 3.05) is 0 Å². The van der Waals surface area contributed by atoms with E-state index in [4.69, 9.17) is 15.0 Å². The molecule has 0 spiro atoms. The zero-order valence-electron chi connectivity index (χ0n) is 26.1. The van der Waals surface area contributed by atoms with E-state index in [9.17, 15) is 5.26 Å². The van der Waals surface area contributed by atoms with Crippen molar-refractivity contribution in [3.63, 3.8) is 0 Å². The van der Waals surface area contributed by atoms with Gasteiger partial charge < -0.3 is 0 Å². The first-order valence-corrected chi connectivity index (χ1v) is 15.8. The number of nitriles is 1. The Balaban J connectivity index is 1.23. The molecule has 7 aromatic rings. The van der Waals surface area contributed by atoms with E-state index in [1.807, 2.05) is 48.5 Å². The van der Waals surface area contributed by atoms with Crippen molar-refractivity contribution in [2.45, 2.75) is 19.3 Å². The van der Waals surface area contributed by atoms with Gasteiger partial charge in [-0.1, -0.05) is 129 Å². The molecule has 0 fully saturated rings. The molecule has 0 atom stereocenters. The maximum atomic E-state index is 9.53. The second-order valence-electron chi connectivity index (χ2n) is 12.5. The molecule has 8 rings (SSSR count). The predicted octanol–water partition coefficient (Wildman–Crippen LogP) is 10.4. The highest BCUT2D eigenvalue weighted by atomic mass is 15.0. The van der Waals surface area contributed by atoms with Gasteiger partial charge in [-0.25, -0.2) is 15.0 Å². The molecule has 47 heavy (non-hydrogen) atoms. The molecule has 0 aliphatic heterocycles. The zero-order valence-corrected chi connectivity index (χ0v) is 26.1. The monoisotopic (exact) mass is 602 g/mol. The Morgan fingerprint density at radius 2 is 0.936 bits per heavy atom. The van der Waals surface area contributed by atoms with Crippen molar-refractivity contribution in [3.05, 3.63) is 162 Å². The predicted molar refractivity (Wildman–Crippen MR) is 189 cm³/mol. The maximum absolute atomic E-state index is 9.53. The summed E-state index contributed by atoms with van der Waals surface area (Å²) in [4.78, 5) is 15.0. The largest absolute Gasteiger partial charge is 0.208 e. The van der Waals surface area contributed by atoms with E-state index in [0.29, 0.717) is 23.0 Å². The fourth-order valence-corrected chi connectivity index (χ4v) is 6.66. The highest BCUT2D eigenvalue weighted by Crippen LogP contribution is 2.50. The highest BCUT2D eigenvalue weighted by molar-refractivity contribution is 5.85. The van der Waals surface area contributed by atoms with Crippen LogP contribution in [0, 0.1) is 11.3 Å². The summed E-state index contributed by atoms with van der Waals surface area (Å²) in [6, 6.07) is 52.3. The fourth-order valence-electron chi connectivity index (χ4n) is 6.66. The van der Waals surface area contributed by atoms with Gasteiger partial charge in [-0.15, -0.1) is 0 Å². The minimum Gasteiger partial charge on any atom is -0.208 e. The topological polar surface area (TPSA) is 62.5 Å². The number of nitrogens with zero attached hydrogens (tertiary/aromatic N) is 4. The van der Waals surface area contributed by atoms with E-state index < -0.39 is 0 Å². The minimum absolute atomic E-state index is 0.176. The average Bonchev–Trinajstić information content (AvgIpc) is 3.37. The van der Waals surface area contributed by atoms with E-state index in [2.05, 4.69) is 117 Å². The number of rotatable bonds is 5. The molecule has 4 heteroatoms. The Kier molecular flexibility index (Phi) is 6.82. The van der Waals surface area contributed by atoms with E-state index in [1.165, 1.54) is 22.3 Å². The van der Waals surface area contributed by atoms with Crippen LogP contribution >= 0.6 is 0 Å². The lowest BCUT2D eigenvalue weighted by molar-refractivity contribution is 0.660. The number of fused-ring (bicyclic) bond motifs is 3. The molecule has 4 nitrogen and oxygen atoms in total. The number of benzene rings is 6. The van der Waals surface area contributed by atoms with Gasteiger partial charge in [0.1, 0.15) is 0 Å². The van der Waals surface area contributed by atoms with Crippen molar-refractivity contribution in [3.8, 4) is 73.6 Å². The van der Waals surface area contributed by atoms with Gasteiger partial charge in [-0.2, -0.15) is 5.26 Å². The lowest BCUT2D eigenvalue weighted by Gasteiger charge is -2.21. The molecule has 1 aliphatic rings. The van der Waals surface area contributed by atoms with Crippen LogP contribution in [-0.2, 0) is 5.41 Å². The second-order valence-corrected chi connectivity index (χ2v) is 12.5. The van der Waals surface area contributed by atoms with E-state index in [-0.39, 0.29) is 5.41 Å². The molecule has 0 radical (unpaired) electrons. The summed E-state index contributed by atoms with van der Waals surface area (Å²) in [5, 5.41) is 9.53. The minimum atomic E-state index is -0.176. The van der Waals surface area contributed by atoms with Gasteiger partial charge in [-0.3, -0.25) is 0 Å². The Bertz CT molecular complexity index is 2330. The standard InChI is InChI=1S/C43H30N4/c1-43(2)38-22-20-33(26-37(38)36-21-19-28(27-44)23-39(36)43)32-16-10-18-35(25-32)42-46-40(30-13-7-4-8-14-30)45-41(47-42)34-17-9-15-31(24-34)29-11-5-3-6-12-29/h3-26H,1-2H3. The van der Waals surface area contributed by atoms with Crippen molar-refractivity contribution in [2.24, 2.45) is 0 Å². The van der Waals surface area contributed by atoms with Crippen molar-refractivity contribution < 1.29 is 0 Å². The van der Waals surface area contributed by atoms with Crippen LogP contribution in [0.5, 0.6) is 0 Å². The van der Waals surface area contributed by atoms with Crippen molar-refractivity contribution in [1.82, 2.24) is 15.0 Å². The Labute approximate surface area is 274 Å². The van der Waals surface area contributed by atoms with Crippen LogP contribution in [0.15, 0.2) is 146 Å². The quantitative estimate of drug-likeness (QED) is 0.197. The van der Waals surface area contributed by atoms with Gasteiger partial charge in [0.25, 0.3) is 0 Å². The molecular formula is C43H30N4. The molecule has 0 amide bonds. The molecule has 1 aliphatic carbocycles. The Hall–Kier alpha value is -6.18.